The number of fused-ring (bicyclic) bond motifs is 1. The third-order valence-corrected chi connectivity index (χ3v) is 5.33. The summed E-state index contributed by atoms with van der Waals surface area (Å²) in [7, 11) is 0. The van der Waals surface area contributed by atoms with E-state index in [-0.39, 0.29) is 6.61 Å². The van der Waals surface area contributed by atoms with Gasteiger partial charge in [-0.25, -0.2) is 4.79 Å². The van der Waals surface area contributed by atoms with Crippen molar-refractivity contribution in [2.24, 2.45) is 0 Å². The second-order valence-electron chi connectivity index (χ2n) is 7.52. The summed E-state index contributed by atoms with van der Waals surface area (Å²) in [5.74, 6) is -0.107. The van der Waals surface area contributed by atoms with Gasteiger partial charge in [-0.2, -0.15) is 4.68 Å². The van der Waals surface area contributed by atoms with Gasteiger partial charge in [-0.05, 0) is 44.0 Å². The summed E-state index contributed by atoms with van der Waals surface area (Å²) < 4.78 is 12.2. The molecule has 0 spiro atoms. The van der Waals surface area contributed by atoms with Crippen molar-refractivity contribution in [1.29, 1.82) is 0 Å². The Hall–Kier alpha value is -3.87. The Kier molecular flexibility index (Phi) is 5.33. The highest BCUT2D eigenvalue weighted by atomic mass is 16.5. The maximum Gasteiger partial charge on any atom is 0.340 e. The zero-order valence-corrected chi connectivity index (χ0v) is 17.5. The van der Waals surface area contributed by atoms with Gasteiger partial charge in [0.2, 0.25) is 0 Å². The molecule has 2 heterocycles. The maximum absolute atomic E-state index is 12.7. The van der Waals surface area contributed by atoms with Crippen molar-refractivity contribution in [1.82, 2.24) is 9.78 Å². The van der Waals surface area contributed by atoms with Crippen LogP contribution in [0.5, 0.6) is 5.75 Å². The van der Waals surface area contributed by atoms with Gasteiger partial charge in [0.25, 0.3) is 11.5 Å². The summed E-state index contributed by atoms with van der Waals surface area (Å²) in [6, 6.07) is 14.6. The number of carbonyl (C=O) groups excluding carboxylic acids is 1. The van der Waals surface area contributed by atoms with Crippen LogP contribution >= 0.6 is 0 Å². The molecule has 0 radical (unpaired) electrons. The second kappa shape index (κ2) is 8.10. The molecule has 0 saturated carbocycles. The van der Waals surface area contributed by atoms with Crippen molar-refractivity contribution >= 4 is 16.9 Å². The number of benzene rings is 2. The fraction of sp³-hybridized carbons (Fsp3) is 0.208. The van der Waals surface area contributed by atoms with E-state index in [0.717, 1.165) is 21.2 Å². The monoisotopic (exact) mass is 418 g/mol. The molecule has 0 atom stereocenters. The smallest absolute Gasteiger partial charge is 0.340 e. The molecule has 7 nitrogen and oxygen atoms in total. The Labute approximate surface area is 177 Å². The molecule has 0 amide bonds. The highest BCUT2D eigenvalue weighted by Crippen LogP contribution is 2.30. The first-order valence-electron chi connectivity index (χ1n) is 9.89. The second-order valence-corrected chi connectivity index (χ2v) is 7.52. The Balaban J connectivity index is 1.64. The molecule has 0 bridgehead atoms. The number of nitrogens with one attached hydrogen (secondary N) is 1. The minimum absolute atomic E-state index is 0.332. The van der Waals surface area contributed by atoms with E-state index in [9.17, 15) is 14.4 Å². The fourth-order valence-corrected chi connectivity index (χ4v) is 3.63. The Morgan fingerprint density at radius 1 is 1.03 bits per heavy atom. The van der Waals surface area contributed by atoms with Crippen molar-refractivity contribution in [3.05, 3.63) is 97.3 Å². The number of ether oxygens (including phenoxy) is 1. The van der Waals surface area contributed by atoms with Crippen LogP contribution in [0.2, 0.25) is 0 Å². The highest BCUT2D eigenvalue weighted by Gasteiger charge is 2.17. The molecule has 0 unspecified atom stereocenters. The number of carbonyl (C=O) groups is 1. The number of aromatic nitrogens is 2. The van der Waals surface area contributed by atoms with E-state index in [4.69, 9.17) is 9.15 Å². The van der Waals surface area contributed by atoms with Crippen LogP contribution in [0.15, 0.2) is 62.5 Å². The van der Waals surface area contributed by atoms with Crippen LogP contribution < -0.4 is 15.9 Å². The maximum atomic E-state index is 12.7. The number of H-pyrrole nitrogens is 1. The van der Waals surface area contributed by atoms with Gasteiger partial charge in [-0.1, -0.05) is 30.3 Å². The van der Waals surface area contributed by atoms with E-state index < -0.39 is 17.1 Å². The molecule has 0 aliphatic rings. The molecule has 2 aromatic carbocycles. The minimum atomic E-state index is -0.520. The zero-order chi connectivity index (χ0) is 22.1. The highest BCUT2D eigenvalue weighted by molar-refractivity contribution is 5.86. The Morgan fingerprint density at radius 2 is 1.77 bits per heavy atom. The number of aromatic amines is 1. The minimum Gasteiger partial charge on any atom is -0.483 e. The number of hydrogen-bond donors (Lipinski definition) is 1. The number of aryl methyl sites for hydroxylation is 3. The molecule has 31 heavy (non-hydrogen) atoms. The van der Waals surface area contributed by atoms with Crippen LogP contribution in [0.25, 0.3) is 11.0 Å². The zero-order valence-electron chi connectivity index (χ0n) is 17.5. The van der Waals surface area contributed by atoms with Gasteiger partial charge >= 0.3 is 5.63 Å². The van der Waals surface area contributed by atoms with Gasteiger partial charge in [-0.3, -0.25) is 14.7 Å². The summed E-state index contributed by atoms with van der Waals surface area (Å²) in [5.41, 5.74) is 3.31. The predicted octanol–water partition coefficient (Wildman–Crippen LogP) is 3.52. The lowest BCUT2D eigenvalue weighted by Crippen LogP contribution is -2.28. The van der Waals surface area contributed by atoms with Gasteiger partial charge in [0, 0.05) is 34.7 Å². The summed E-state index contributed by atoms with van der Waals surface area (Å²) in [6.45, 7) is 5.03. The molecular formula is C24H22N2O5. The lowest BCUT2D eigenvalue weighted by molar-refractivity contribution is 0.0816. The SMILES string of the molecule is Cc1cc(=O)n(C(=O)COc2ccc3c(C)c(Cc4ccccc4)c(=O)oc3c2C)[nH]1. The molecular weight excluding hydrogens is 396 g/mol. The van der Waals surface area contributed by atoms with Crippen LogP contribution in [0, 0.1) is 20.8 Å². The largest absolute Gasteiger partial charge is 0.483 e. The molecule has 7 heteroatoms. The van der Waals surface area contributed by atoms with Gasteiger partial charge in [0.1, 0.15) is 11.3 Å². The average molecular weight is 418 g/mol. The average Bonchev–Trinajstić information content (AvgIpc) is 3.09. The summed E-state index contributed by atoms with van der Waals surface area (Å²) in [4.78, 5) is 36.8. The van der Waals surface area contributed by atoms with E-state index in [2.05, 4.69) is 5.10 Å². The van der Waals surface area contributed by atoms with Crippen molar-refractivity contribution < 1.29 is 13.9 Å². The molecule has 0 aliphatic heterocycles. The van der Waals surface area contributed by atoms with Crippen LogP contribution in [0.1, 0.15) is 32.7 Å². The first kappa shape index (κ1) is 20.4. The van der Waals surface area contributed by atoms with Crippen LogP contribution in [0.4, 0.5) is 0 Å². The first-order chi connectivity index (χ1) is 14.8. The molecule has 158 valence electrons. The summed E-state index contributed by atoms with van der Waals surface area (Å²) in [6.07, 6.45) is 0.487. The fourth-order valence-electron chi connectivity index (χ4n) is 3.63. The molecule has 0 aliphatic carbocycles. The van der Waals surface area contributed by atoms with Crippen molar-refractivity contribution in [3.8, 4) is 5.75 Å². The van der Waals surface area contributed by atoms with E-state index >= 15 is 0 Å². The van der Waals surface area contributed by atoms with Crippen molar-refractivity contribution in [2.75, 3.05) is 6.61 Å². The quantitative estimate of drug-likeness (QED) is 0.501. The topological polar surface area (TPSA) is 94.3 Å². The standard InChI is InChI=1S/C24H22N2O5/c1-14-11-21(27)26(25-14)22(28)13-30-20-10-9-18-15(2)19(12-17-7-5-4-6-8-17)24(29)31-23(18)16(20)3/h4-11,25H,12-13H2,1-3H3. The van der Waals surface area contributed by atoms with Gasteiger partial charge in [-0.15, -0.1) is 0 Å². The summed E-state index contributed by atoms with van der Waals surface area (Å²) >= 11 is 0. The van der Waals surface area contributed by atoms with E-state index in [1.54, 1.807) is 19.9 Å². The molecule has 4 rings (SSSR count). The van der Waals surface area contributed by atoms with Gasteiger partial charge in [0.05, 0.1) is 0 Å². The van der Waals surface area contributed by atoms with Crippen LogP contribution in [-0.2, 0) is 6.42 Å². The lowest BCUT2D eigenvalue weighted by Gasteiger charge is -2.13. The van der Waals surface area contributed by atoms with E-state index in [0.29, 0.717) is 34.6 Å². The third kappa shape index (κ3) is 3.94. The molecule has 4 aromatic rings. The molecule has 2 aromatic heterocycles. The number of nitrogens with zero attached hydrogens (tertiary/aromatic N) is 1. The van der Waals surface area contributed by atoms with Gasteiger partial charge < -0.3 is 9.15 Å². The van der Waals surface area contributed by atoms with Gasteiger partial charge in [0.15, 0.2) is 6.61 Å². The molecule has 0 saturated heterocycles. The van der Waals surface area contributed by atoms with E-state index in [1.165, 1.54) is 6.07 Å². The normalized spacial score (nSPS) is 11.1. The molecule has 1 N–H and O–H groups in total. The lowest BCUT2D eigenvalue weighted by atomic mass is 9.98. The third-order valence-electron chi connectivity index (χ3n) is 5.33. The van der Waals surface area contributed by atoms with Crippen LogP contribution in [-0.4, -0.2) is 22.3 Å². The van der Waals surface area contributed by atoms with E-state index in [1.807, 2.05) is 43.3 Å². The number of hydrogen-bond acceptors (Lipinski definition) is 5. The Bertz CT molecular complexity index is 1390. The molecule has 0 fully saturated rings. The number of rotatable bonds is 5. The Morgan fingerprint density at radius 3 is 2.45 bits per heavy atom. The van der Waals surface area contributed by atoms with Crippen LogP contribution in [0.3, 0.4) is 0 Å². The summed E-state index contributed by atoms with van der Waals surface area (Å²) in [5, 5.41) is 3.50. The first-order valence-corrected chi connectivity index (χ1v) is 9.89. The van der Waals surface area contributed by atoms with Crippen molar-refractivity contribution in [3.63, 3.8) is 0 Å². The van der Waals surface area contributed by atoms with Crippen molar-refractivity contribution in [2.45, 2.75) is 27.2 Å². The predicted molar refractivity (Wildman–Crippen MR) is 117 cm³/mol.